The molecule has 5 nitrogen and oxygen atoms in total. The van der Waals surface area contributed by atoms with Crippen LogP contribution < -0.4 is 5.32 Å². The molecule has 0 bridgehead atoms. The Kier molecular flexibility index (Phi) is 2.94. The van der Waals surface area contributed by atoms with Crippen LogP contribution in [0.1, 0.15) is 5.56 Å². The Bertz CT molecular complexity index is 532. The number of aromatic nitrogens is 3. The summed E-state index contributed by atoms with van der Waals surface area (Å²) >= 11 is 5.66. The molecule has 0 aliphatic heterocycles. The van der Waals surface area contributed by atoms with E-state index in [-0.39, 0.29) is 5.15 Å². The lowest BCUT2D eigenvalue weighted by molar-refractivity contribution is 0.979. The second-order valence-corrected chi connectivity index (χ2v) is 3.30. The molecule has 0 fully saturated rings. The molecule has 1 N–H and O–H groups in total. The molecule has 78 valence electrons. The Hall–Kier alpha value is -2.19. The molecular formula is C10H6ClN5. The number of anilines is 2. The van der Waals surface area contributed by atoms with Gasteiger partial charge in [-0.3, -0.25) is 0 Å². The number of nitrogens with zero attached hydrogens (tertiary/aromatic N) is 4. The van der Waals surface area contributed by atoms with E-state index in [4.69, 9.17) is 16.9 Å². The van der Waals surface area contributed by atoms with Gasteiger partial charge < -0.3 is 5.32 Å². The molecule has 1 aromatic carbocycles. The fraction of sp³-hybridized carbons (Fsp3) is 0. The third kappa shape index (κ3) is 2.43. The molecule has 0 amide bonds. The second-order valence-electron chi connectivity index (χ2n) is 2.92. The Morgan fingerprint density at radius 3 is 2.62 bits per heavy atom. The highest BCUT2D eigenvalue weighted by atomic mass is 35.5. The molecule has 0 saturated heterocycles. The Morgan fingerprint density at radius 2 is 2.00 bits per heavy atom. The monoisotopic (exact) mass is 231 g/mol. The molecule has 1 aromatic heterocycles. The summed E-state index contributed by atoms with van der Waals surface area (Å²) in [6, 6.07) is 8.93. The van der Waals surface area contributed by atoms with Crippen LogP contribution in [0.5, 0.6) is 0 Å². The lowest BCUT2D eigenvalue weighted by atomic mass is 10.2. The van der Waals surface area contributed by atoms with E-state index in [0.29, 0.717) is 11.5 Å². The molecule has 0 aliphatic rings. The fourth-order valence-electron chi connectivity index (χ4n) is 1.09. The summed E-state index contributed by atoms with van der Waals surface area (Å²) in [7, 11) is 0. The molecule has 2 rings (SSSR count). The SMILES string of the molecule is N#Cc1ccc(Nc2nncc(Cl)n2)cc1. The Labute approximate surface area is 96.7 Å². The summed E-state index contributed by atoms with van der Waals surface area (Å²) in [5.41, 5.74) is 1.36. The zero-order valence-electron chi connectivity index (χ0n) is 8.05. The van der Waals surface area contributed by atoms with Gasteiger partial charge in [-0.15, -0.1) is 5.10 Å². The number of halogens is 1. The largest absolute Gasteiger partial charge is 0.323 e. The van der Waals surface area contributed by atoms with Gasteiger partial charge in [-0.1, -0.05) is 11.6 Å². The highest BCUT2D eigenvalue weighted by molar-refractivity contribution is 6.29. The lowest BCUT2D eigenvalue weighted by Crippen LogP contribution is -1.98. The number of benzene rings is 1. The van der Waals surface area contributed by atoms with Crippen molar-refractivity contribution in [1.82, 2.24) is 15.2 Å². The van der Waals surface area contributed by atoms with Crippen LogP contribution in [0.4, 0.5) is 11.6 Å². The van der Waals surface area contributed by atoms with Crippen molar-refractivity contribution in [3.8, 4) is 6.07 Å². The number of rotatable bonds is 2. The first-order chi connectivity index (χ1) is 7.78. The highest BCUT2D eigenvalue weighted by Gasteiger charge is 1.99. The van der Waals surface area contributed by atoms with Crippen molar-refractivity contribution in [2.24, 2.45) is 0 Å². The predicted molar refractivity (Wildman–Crippen MR) is 59.3 cm³/mol. The van der Waals surface area contributed by atoms with E-state index < -0.39 is 0 Å². The molecule has 6 heteroatoms. The van der Waals surface area contributed by atoms with Crippen molar-refractivity contribution >= 4 is 23.2 Å². The standard InChI is InChI=1S/C10H6ClN5/c11-9-6-13-16-10(15-9)14-8-3-1-7(5-12)2-4-8/h1-4,6H,(H,14,15,16). The van der Waals surface area contributed by atoms with Crippen LogP contribution in [-0.2, 0) is 0 Å². The maximum atomic E-state index is 8.63. The van der Waals surface area contributed by atoms with Gasteiger partial charge in [0, 0.05) is 5.69 Å². The van der Waals surface area contributed by atoms with Crippen molar-refractivity contribution in [2.45, 2.75) is 0 Å². The molecule has 2 aromatic rings. The third-order valence-corrected chi connectivity index (χ3v) is 1.98. The van der Waals surface area contributed by atoms with Crippen molar-refractivity contribution in [3.63, 3.8) is 0 Å². The first-order valence-corrected chi connectivity index (χ1v) is 4.78. The predicted octanol–water partition coefficient (Wildman–Crippen LogP) is 2.14. The number of hydrogen-bond donors (Lipinski definition) is 1. The van der Waals surface area contributed by atoms with E-state index in [1.165, 1.54) is 6.20 Å². The normalized spacial score (nSPS) is 9.50. The van der Waals surface area contributed by atoms with E-state index in [1.54, 1.807) is 24.3 Å². The average Bonchev–Trinajstić information content (AvgIpc) is 2.30. The van der Waals surface area contributed by atoms with E-state index in [1.807, 2.05) is 6.07 Å². The molecule has 0 aliphatic carbocycles. The minimum absolute atomic E-state index is 0.270. The van der Waals surface area contributed by atoms with Crippen LogP contribution in [0.3, 0.4) is 0 Å². The first kappa shape index (κ1) is 10.3. The van der Waals surface area contributed by atoms with Gasteiger partial charge in [0.1, 0.15) is 0 Å². The maximum Gasteiger partial charge on any atom is 0.248 e. The van der Waals surface area contributed by atoms with E-state index in [0.717, 1.165) is 5.69 Å². The number of hydrogen-bond acceptors (Lipinski definition) is 5. The van der Waals surface area contributed by atoms with Crippen LogP contribution in [0, 0.1) is 11.3 Å². The second kappa shape index (κ2) is 4.55. The Morgan fingerprint density at radius 1 is 1.25 bits per heavy atom. The van der Waals surface area contributed by atoms with Crippen LogP contribution in [0.25, 0.3) is 0 Å². The fourth-order valence-corrected chi connectivity index (χ4v) is 1.22. The molecule has 1 heterocycles. The van der Waals surface area contributed by atoms with E-state index in [9.17, 15) is 0 Å². The molecule has 0 unspecified atom stereocenters. The summed E-state index contributed by atoms with van der Waals surface area (Å²) in [5, 5.41) is 19.2. The van der Waals surface area contributed by atoms with Crippen LogP contribution in [0.15, 0.2) is 30.5 Å². The lowest BCUT2D eigenvalue weighted by Gasteiger charge is -2.03. The van der Waals surface area contributed by atoms with Gasteiger partial charge in [0.05, 0.1) is 17.8 Å². The maximum absolute atomic E-state index is 8.63. The molecule has 0 spiro atoms. The minimum Gasteiger partial charge on any atom is -0.323 e. The molecule has 0 atom stereocenters. The van der Waals surface area contributed by atoms with E-state index >= 15 is 0 Å². The summed E-state index contributed by atoms with van der Waals surface area (Å²) in [6.07, 6.45) is 1.35. The summed E-state index contributed by atoms with van der Waals surface area (Å²) in [4.78, 5) is 3.93. The molecule has 16 heavy (non-hydrogen) atoms. The van der Waals surface area contributed by atoms with Crippen LogP contribution in [0.2, 0.25) is 5.15 Å². The van der Waals surface area contributed by atoms with Gasteiger partial charge in [0.15, 0.2) is 5.15 Å². The highest BCUT2D eigenvalue weighted by Crippen LogP contribution is 2.13. The van der Waals surface area contributed by atoms with Gasteiger partial charge in [-0.05, 0) is 24.3 Å². The molecule has 0 radical (unpaired) electrons. The topological polar surface area (TPSA) is 74.5 Å². The van der Waals surface area contributed by atoms with Gasteiger partial charge in [0.25, 0.3) is 0 Å². The molecule has 0 saturated carbocycles. The van der Waals surface area contributed by atoms with Gasteiger partial charge in [-0.25, -0.2) is 0 Å². The van der Waals surface area contributed by atoms with Crippen molar-refractivity contribution in [3.05, 3.63) is 41.2 Å². The van der Waals surface area contributed by atoms with Crippen LogP contribution in [-0.4, -0.2) is 15.2 Å². The molecular weight excluding hydrogens is 226 g/mol. The van der Waals surface area contributed by atoms with E-state index in [2.05, 4.69) is 20.5 Å². The average molecular weight is 232 g/mol. The van der Waals surface area contributed by atoms with Crippen LogP contribution >= 0.6 is 11.6 Å². The third-order valence-electron chi connectivity index (χ3n) is 1.80. The van der Waals surface area contributed by atoms with Crippen molar-refractivity contribution in [1.29, 1.82) is 5.26 Å². The van der Waals surface area contributed by atoms with Crippen molar-refractivity contribution in [2.75, 3.05) is 5.32 Å². The van der Waals surface area contributed by atoms with Crippen molar-refractivity contribution < 1.29 is 0 Å². The smallest absolute Gasteiger partial charge is 0.248 e. The van der Waals surface area contributed by atoms with Gasteiger partial charge in [0.2, 0.25) is 5.95 Å². The number of nitriles is 1. The summed E-state index contributed by atoms with van der Waals surface area (Å²) < 4.78 is 0. The zero-order chi connectivity index (χ0) is 11.4. The zero-order valence-corrected chi connectivity index (χ0v) is 8.81. The summed E-state index contributed by atoms with van der Waals surface area (Å²) in [6.45, 7) is 0. The minimum atomic E-state index is 0.270. The van der Waals surface area contributed by atoms with Gasteiger partial charge in [-0.2, -0.15) is 15.3 Å². The quantitative estimate of drug-likeness (QED) is 0.857. The first-order valence-electron chi connectivity index (χ1n) is 4.40. The summed E-state index contributed by atoms with van der Waals surface area (Å²) in [5.74, 6) is 0.317. The Balaban J connectivity index is 2.18. The van der Waals surface area contributed by atoms with Gasteiger partial charge >= 0.3 is 0 Å². The number of nitrogens with one attached hydrogen (secondary N) is 1.